The summed E-state index contributed by atoms with van der Waals surface area (Å²) in [7, 11) is 0. The zero-order chi connectivity index (χ0) is 15.2. The molecule has 1 aromatic carbocycles. The van der Waals surface area contributed by atoms with E-state index in [0.717, 1.165) is 30.4 Å². The van der Waals surface area contributed by atoms with Crippen molar-refractivity contribution in [2.75, 3.05) is 0 Å². The first-order chi connectivity index (χ1) is 10.1. The largest absolute Gasteiger partial charge is 0.299 e. The molecule has 21 heavy (non-hydrogen) atoms. The van der Waals surface area contributed by atoms with E-state index in [-0.39, 0.29) is 5.78 Å². The van der Waals surface area contributed by atoms with Crippen LogP contribution in [0.2, 0.25) is 0 Å². The summed E-state index contributed by atoms with van der Waals surface area (Å²) in [6.07, 6.45) is 7.87. The Bertz CT molecular complexity index is 510. The van der Waals surface area contributed by atoms with Crippen molar-refractivity contribution in [2.24, 2.45) is 5.92 Å². The highest BCUT2D eigenvalue weighted by Crippen LogP contribution is 2.26. The molecule has 0 aromatic heterocycles. The van der Waals surface area contributed by atoms with E-state index in [2.05, 4.69) is 6.07 Å². The van der Waals surface area contributed by atoms with Gasteiger partial charge in [0.25, 0.3) is 0 Å². The normalized spacial score (nSPS) is 15.9. The summed E-state index contributed by atoms with van der Waals surface area (Å²) < 4.78 is 0. The van der Waals surface area contributed by atoms with Crippen molar-refractivity contribution in [2.45, 2.75) is 65.2 Å². The summed E-state index contributed by atoms with van der Waals surface area (Å²) in [5.41, 5.74) is 3.02. The average Bonchev–Trinajstić information content (AvgIpc) is 2.52. The number of hydrogen-bond acceptors (Lipinski definition) is 2. The first kappa shape index (κ1) is 15.9. The molecule has 0 spiro atoms. The van der Waals surface area contributed by atoms with Gasteiger partial charge in [-0.05, 0) is 37.3 Å². The maximum absolute atomic E-state index is 12.2. The second kappa shape index (κ2) is 7.53. The number of Topliss-reactive ketones (excluding diaryl/α,β-unsaturated/α-hetero) is 2. The van der Waals surface area contributed by atoms with E-state index in [9.17, 15) is 9.59 Å². The van der Waals surface area contributed by atoms with Crippen molar-refractivity contribution in [3.8, 4) is 0 Å². The van der Waals surface area contributed by atoms with Gasteiger partial charge in [0.1, 0.15) is 5.78 Å². The highest BCUT2D eigenvalue weighted by atomic mass is 16.1. The fourth-order valence-electron chi connectivity index (χ4n) is 3.28. The van der Waals surface area contributed by atoms with Gasteiger partial charge in [0.15, 0.2) is 5.78 Å². The minimum absolute atomic E-state index is 0.192. The molecule has 0 unspecified atom stereocenters. The molecule has 114 valence electrons. The van der Waals surface area contributed by atoms with Crippen LogP contribution in [0.5, 0.6) is 0 Å². The zero-order valence-electron chi connectivity index (χ0n) is 13.3. The molecular formula is C19H26O2. The number of ketones is 2. The molecule has 1 fully saturated rings. The van der Waals surface area contributed by atoms with Gasteiger partial charge in [0, 0.05) is 24.3 Å². The van der Waals surface area contributed by atoms with Crippen LogP contribution in [0.15, 0.2) is 18.2 Å². The number of aryl methyl sites for hydroxylation is 2. The van der Waals surface area contributed by atoms with E-state index in [1.165, 1.54) is 24.8 Å². The first-order valence-electron chi connectivity index (χ1n) is 8.27. The van der Waals surface area contributed by atoms with E-state index < -0.39 is 0 Å². The molecule has 1 saturated carbocycles. The van der Waals surface area contributed by atoms with Crippen LogP contribution in [0.4, 0.5) is 0 Å². The Morgan fingerprint density at radius 3 is 2.48 bits per heavy atom. The fraction of sp³-hybridized carbons (Fsp3) is 0.579. The Morgan fingerprint density at radius 1 is 1.14 bits per heavy atom. The number of benzene rings is 1. The molecule has 1 aliphatic rings. The molecule has 0 saturated heterocycles. The number of rotatable bonds is 6. The highest BCUT2D eigenvalue weighted by Gasteiger charge is 2.20. The van der Waals surface area contributed by atoms with Crippen LogP contribution in [-0.2, 0) is 11.2 Å². The van der Waals surface area contributed by atoms with Gasteiger partial charge in [-0.15, -0.1) is 0 Å². The molecule has 0 N–H and O–H groups in total. The van der Waals surface area contributed by atoms with Gasteiger partial charge in [-0.1, -0.05) is 44.4 Å². The summed E-state index contributed by atoms with van der Waals surface area (Å²) in [5, 5.41) is 0. The molecule has 0 heterocycles. The minimum atomic E-state index is 0.192. The van der Waals surface area contributed by atoms with Crippen LogP contribution < -0.4 is 0 Å². The minimum Gasteiger partial charge on any atom is -0.299 e. The first-order valence-corrected chi connectivity index (χ1v) is 8.27. The van der Waals surface area contributed by atoms with Gasteiger partial charge in [0.05, 0.1) is 0 Å². The van der Waals surface area contributed by atoms with E-state index >= 15 is 0 Å². The van der Waals surface area contributed by atoms with E-state index in [1.54, 1.807) is 0 Å². The van der Waals surface area contributed by atoms with Gasteiger partial charge in [-0.3, -0.25) is 9.59 Å². The van der Waals surface area contributed by atoms with Gasteiger partial charge < -0.3 is 0 Å². The van der Waals surface area contributed by atoms with Crippen LogP contribution in [-0.4, -0.2) is 11.6 Å². The third-order valence-corrected chi connectivity index (χ3v) is 4.63. The van der Waals surface area contributed by atoms with Crippen LogP contribution in [0, 0.1) is 12.8 Å². The summed E-state index contributed by atoms with van der Waals surface area (Å²) in [4.78, 5) is 24.0. The second-order valence-corrected chi connectivity index (χ2v) is 6.23. The monoisotopic (exact) mass is 286 g/mol. The summed E-state index contributed by atoms with van der Waals surface area (Å²) in [6, 6.07) is 5.99. The fourth-order valence-corrected chi connectivity index (χ4v) is 3.28. The van der Waals surface area contributed by atoms with Crippen molar-refractivity contribution >= 4 is 11.6 Å². The van der Waals surface area contributed by atoms with E-state index in [1.807, 2.05) is 26.0 Å². The van der Waals surface area contributed by atoms with Crippen LogP contribution in [0.1, 0.15) is 73.4 Å². The van der Waals surface area contributed by atoms with Crippen molar-refractivity contribution in [1.82, 2.24) is 0 Å². The third-order valence-electron chi connectivity index (χ3n) is 4.63. The standard InChI is InChI=1S/C19H26O2/c1-3-18(20)17-11-9-15(13-14(17)2)10-12-19(21)16-7-5-4-6-8-16/h9,11,13,16H,3-8,10,12H2,1-2H3. The van der Waals surface area contributed by atoms with Crippen LogP contribution in [0.3, 0.4) is 0 Å². The topological polar surface area (TPSA) is 34.1 Å². The Labute approximate surface area is 127 Å². The lowest BCUT2D eigenvalue weighted by atomic mass is 9.84. The molecule has 0 atom stereocenters. The molecule has 0 bridgehead atoms. The Kier molecular flexibility index (Phi) is 5.72. The maximum atomic E-state index is 12.2. The average molecular weight is 286 g/mol. The lowest BCUT2D eigenvalue weighted by Crippen LogP contribution is -2.18. The van der Waals surface area contributed by atoms with Crippen LogP contribution >= 0.6 is 0 Å². The number of carbonyl (C=O) groups excluding carboxylic acids is 2. The van der Waals surface area contributed by atoms with E-state index in [4.69, 9.17) is 0 Å². The molecule has 2 rings (SSSR count). The van der Waals surface area contributed by atoms with Crippen molar-refractivity contribution < 1.29 is 9.59 Å². The lowest BCUT2D eigenvalue weighted by molar-refractivity contribution is -0.123. The van der Waals surface area contributed by atoms with Crippen LogP contribution in [0.25, 0.3) is 0 Å². The summed E-state index contributed by atoms with van der Waals surface area (Å²) in [5.74, 6) is 0.930. The SMILES string of the molecule is CCC(=O)c1ccc(CCC(=O)C2CCCCC2)cc1C. The quantitative estimate of drug-likeness (QED) is 0.712. The molecule has 2 heteroatoms. The van der Waals surface area contributed by atoms with Crippen molar-refractivity contribution in [3.05, 3.63) is 34.9 Å². The van der Waals surface area contributed by atoms with Crippen molar-refractivity contribution in [1.29, 1.82) is 0 Å². The molecular weight excluding hydrogens is 260 g/mol. The van der Waals surface area contributed by atoms with Gasteiger partial charge in [-0.25, -0.2) is 0 Å². The molecule has 2 nitrogen and oxygen atoms in total. The zero-order valence-corrected chi connectivity index (χ0v) is 13.3. The van der Waals surface area contributed by atoms with Gasteiger partial charge >= 0.3 is 0 Å². The molecule has 0 radical (unpaired) electrons. The van der Waals surface area contributed by atoms with Gasteiger partial charge in [-0.2, -0.15) is 0 Å². The number of carbonyl (C=O) groups is 2. The second-order valence-electron chi connectivity index (χ2n) is 6.23. The smallest absolute Gasteiger partial charge is 0.162 e. The number of hydrogen-bond donors (Lipinski definition) is 0. The maximum Gasteiger partial charge on any atom is 0.162 e. The van der Waals surface area contributed by atoms with Crippen molar-refractivity contribution in [3.63, 3.8) is 0 Å². The van der Waals surface area contributed by atoms with E-state index in [0.29, 0.717) is 24.5 Å². The molecule has 0 aliphatic heterocycles. The summed E-state index contributed by atoms with van der Waals surface area (Å²) >= 11 is 0. The van der Waals surface area contributed by atoms with Gasteiger partial charge in [0.2, 0.25) is 0 Å². The highest BCUT2D eigenvalue weighted by molar-refractivity contribution is 5.97. The predicted octanol–water partition coefficient (Wildman–Crippen LogP) is 4.67. The third kappa shape index (κ3) is 4.26. The lowest BCUT2D eigenvalue weighted by Gasteiger charge is -2.20. The Balaban J connectivity index is 1.92. The predicted molar refractivity (Wildman–Crippen MR) is 85.7 cm³/mol. The molecule has 0 amide bonds. The Hall–Kier alpha value is -1.44. The molecule has 1 aromatic rings. The summed E-state index contributed by atoms with van der Waals surface area (Å²) in [6.45, 7) is 3.87. The molecule has 1 aliphatic carbocycles. The Morgan fingerprint density at radius 2 is 1.86 bits per heavy atom.